The first kappa shape index (κ1) is 19.6. The molecule has 4 aromatic rings. The molecule has 0 unspecified atom stereocenters. The number of esters is 1. The SMILES string of the molecule is CCOC(=O)c1[nH]c2cc(OCc3ccccc3)ccc2c1-c1ccc(OC)cc1. The Hall–Kier alpha value is -3.73. The number of nitrogens with one attached hydrogen (secondary N) is 1. The second-order valence-electron chi connectivity index (χ2n) is 6.81. The van der Waals surface area contributed by atoms with Crippen LogP contribution in [0.5, 0.6) is 11.5 Å². The van der Waals surface area contributed by atoms with E-state index < -0.39 is 0 Å². The van der Waals surface area contributed by atoms with E-state index in [1.54, 1.807) is 14.0 Å². The number of methoxy groups -OCH3 is 1. The molecule has 5 nitrogen and oxygen atoms in total. The lowest BCUT2D eigenvalue weighted by molar-refractivity contribution is 0.0521. The lowest BCUT2D eigenvalue weighted by Crippen LogP contribution is -2.06. The number of carbonyl (C=O) groups excluding carboxylic acids is 1. The third kappa shape index (κ3) is 4.01. The molecule has 0 saturated carbocycles. The number of aromatic nitrogens is 1. The van der Waals surface area contributed by atoms with Crippen molar-refractivity contribution >= 4 is 16.9 Å². The summed E-state index contributed by atoms with van der Waals surface area (Å²) in [5.74, 6) is 1.10. The van der Waals surface area contributed by atoms with Gasteiger partial charge in [-0.05, 0) is 42.3 Å². The second-order valence-corrected chi connectivity index (χ2v) is 6.81. The first-order valence-corrected chi connectivity index (χ1v) is 9.83. The van der Waals surface area contributed by atoms with E-state index in [0.29, 0.717) is 18.9 Å². The molecule has 0 spiro atoms. The van der Waals surface area contributed by atoms with Crippen molar-refractivity contribution in [1.82, 2.24) is 4.98 Å². The number of fused-ring (bicyclic) bond motifs is 1. The molecule has 1 aromatic heterocycles. The maximum absolute atomic E-state index is 12.6. The van der Waals surface area contributed by atoms with Crippen molar-refractivity contribution in [3.05, 3.63) is 84.1 Å². The number of hydrogen-bond donors (Lipinski definition) is 1. The van der Waals surface area contributed by atoms with Crippen molar-refractivity contribution in [3.63, 3.8) is 0 Å². The minimum atomic E-state index is -0.383. The number of aromatic amines is 1. The first-order valence-electron chi connectivity index (χ1n) is 9.83. The number of carbonyl (C=O) groups is 1. The van der Waals surface area contributed by atoms with E-state index in [1.807, 2.05) is 72.8 Å². The van der Waals surface area contributed by atoms with Crippen molar-refractivity contribution < 1.29 is 19.0 Å². The Balaban J connectivity index is 1.72. The van der Waals surface area contributed by atoms with Gasteiger partial charge in [0.25, 0.3) is 0 Å². The highest BCUT2D eigenvalue weighted by molar-refractivity contribution is 6.08. The van der Waals surface area contributed by atoms with Crippen LogP contribution in [-0.2, 0) is 11.3 Å². The van der Waals surface area contributed by atoms with Gasteiger partial charge in [0.2, 0.25) is 0 Å². The van der Waals surface area contributed by atoms with E-state index >= 15 is 0 Å². The molecule has 30 heavy (non-hydrogen) atoms. The monoisotopic (exact) mass is 401 g/mol. The van der Waals surface area contributed by atoms with Gasteiger partial charge < -0.3 is 19.2 Å². The van der Waals surface area contributed by atoms with E-state index in [-0.39, 0.29) is 5.97 Å². The van der Waals surface area contributed by atoms with Crippen LogP contribution in [0.4, 0.5) is 0 Å². The molecule has 0 amide bonds. The highest BCUT2D eigenvalue weighted by atomic mass is 16.5. The summed E-state index contributed by atoms with van der Waals surface area (Å²) < 4.78 is 16.5. The van der Waals surface area contributed by atoms with Gasteiger partial charge in [0.15, 0.2) is 0 Å². The van der Waals surface area contributed by atoms with E-state index in [0.717, 1.165) is 39.1 Å². The summed E-state index contributed by atoms with van der Waals surface area (Å²) in [7, 11) is 1.63. The second kappa shape index (κ2) is 8.74. The Bertz CT molecular complexity index is 1150. The normalized spacial score (nSPS) is 10.7. The molecular weight excluding hydrogens is 378 g/mol. The molecule has 3 aromatic carbocycles. The maximum atomic E-state index is 12.6. The fourth-order valence-corrected chi connectivity index (χ4v) is 3.42. The largest absolute Gasteiger partial charge is 0.497 e. The van der Waals surface area contributed by atoms with Crippen LogP contribution in [0.25, 0.3) is 22.0 Å². The predicted molar refractivity (Wildman–Crippen MR) is 117 cm³/mol. The van der Waals surface area contributed by atoms with Gasteiger partial charge in [-0.2, -0.15) is 0 Å². The Morgan fingerprint density at radius 3 is 2.37 bits per heavy atom. The van der Waals surface area contributed by atoms with Gasteiger partial charge in [-0.3, -0.25) is 0 Å². The van der Waals surface area contributed by atoms with E-state index in [9.17, 15) is 4.79 Å². The molecule has 1 heterocycles. The van der Waals surface area contributed by atoms with Gasteiger partial charge in [-0.15, -0.1) is 0 Å². The van der Waals surface area contributed by atoms with Gasteiger partial charge in [-0.25, -0.2) is 4.79 Å². The first-order chi connectivity index (χ1) is 14.7. The lowest BCUT2D eigenvalue weighted by Gasteiger charge is -2.07. The van der Waals surface area contributed by atoms with E-state index in [4.69, 9.17) is 14.2 Å². The van der Waals surface area contributed by atoms with Crippen molar-refractivity contribution in [2.24, 2.45) is 0 Å². The molecule has 4 rings (SSSR count). The van der Waals surface area contributed by atoms with Gasteiger partial charge in [0.1, 0.15) is 23.8 Å². The number of hydrogen-bond acceptors (Lipinski definition) is 4. The number of ether oxygens (including phenoxy) is 3. The molecule has 0 fully saturated rings. The molecule has 0 aliphatic heterocycles. The maximum Gasteiger partial charge on any atom is 0.355 e. The highest BCUT2D eigenvalue weighted by Crippen LogP contribution is 2.35. The molecule has 152 valence electrons. The van der Waals surface area contributed by atoms with Gasteiger partial charge >= 0.3 is 5.97 Å². The molecule has 0 aliphatic rings. The zero-order valence-electron chi connectivity index (χ0n) is 17.0. The Labute approximate surface area is 175 Å². The zero-order valence-corrected chi connectivity index (χ0v) is 17.0. The van der Waals surface area contributed by atoms with Crippen molar-refractivity contribution in [2.45, 2.75) is 13.5 Å². The van der Waals surface area contributed by atoms with Crippen LogP contribution < -0.4 is 9.47 Å². The predicted octanol–water partition coefficient (Wildman–Crippen LogP) is 5.60. The topological polar surface area (TPSA) is 60.6 Å². The van der Waals surface area contributed by atoms with Crippen LogP contribution in [0.15, 0.2) is 72.8 Å². The van der Waals surface area contributed by atoms with E-state index in [1.165, 1.54) is 0 Å². The third-order valence-electron chi connectivity index (χ3n) is 4.88. The fourth-order valence-electron chi connectivity index (χ4n) is 3.42. The molecule has 0 bridgehead atoms. The molecule has 0 saturated heterocycles. The van der Waals surface area contributed by atoms with Crippen LogP contribution in [0, 0.1) is 0 Å². The Kier molecular flexibility index (Phi) is 5.70. The van der Waals surface area contributed by atoms with Crippen molar-refractivity contribution in [1.29, 1.82) is 0 Å². The van der Waals surface area contributed by atoms with E-state index in [2.05, 4.69) is 4.98 Å². The van der Waals surface area contributed by atoms with Gasteiger partial charge in [-0.1, -0.05) is 42.5 Å². The average molecular weight is 401 g/mol. The molecular formula is C25H23NO4. The van der Waals surface area contributed by atoms with Crippen molar-refractivity contribution in [2.75, 3.05) is 13.7 Å². The highest BCUT2D eigenvalue weighted by Gasteiger charge is 2.20. The number of rotatable bonds is 7. The molecule has 1 N–H and O–H groups in total. The summed E-state index contributed by atoms with van der Waals surface area (Å²) in [6, 6.07) is 23.4. The third-order valence-corrected chi connectivity index (χ3v) is 4.88. The number of H-pyrrole nitrogens is 1. The van der Waals surface area contributed by atoms with Gasteiger partial charge in [0.05, 0.1) is 19.2 Å². The average Bonchev–Trinajstić information content (AvgIpc) is 3.17. The lowest BCUT2D eigenvalue weighted by atomic mass is 10.0. The fraction of sp³-hybridized carbons (Fsp3) is 0.160. The zero-order chi connectivity index (χ0) is 20.9. The summed E-state index contributed by atoms with van der Waals surface area (Å²) >= 11 is 0. The Morgan fingerprint density at radius 2 is 1.67 bits per heavy atom. The quantitative estimate of drug-likeness (QED) is 0.410. The number of benzene rings is 3. The minimum absolute atomic E-state index is 0.307. The summed E-state index contributed by atoms with van der Waals surface area (Å²) in [6.07, 6.45) is 0. The van der Waals surface area contributed by atoms with Crippen LogP contribution >= 0.6 is 0 Å². The van der Waals surface area contributed by atoms with Crippen LogP contribution in [0.2, 0.25) is 0 Å². The Morgan fingerprint density at radius 1 is 0.933 bits per heavy atom. The smallest absolute Gasteiger partial charge is 0.355 e. The molecule has 0 aliphatic carbocycles. The van der Waals surface area contributed by atoms with Crippen molar-refractivity contribution in [3.8, 4) is 22.6 Å². The molecule has 0 radical (unpaired) electrons. The molecule has 0 atom stereocenters. The van der Waals surface area contributed by atoms with Crippen LogP contribution in [-0.4, -0.2) is 24.7 Å². The molecule has 5 heteroatoms. The summed E-state index contributed by atoms with van der Waals surface area (Å²) in [5.41, 5.74) is 4.05. The van der Waals surface area contributed by atoms with Gasteiger partial charge in [0, 0.05) is 17.0 Å². The summed E-state index contributed by atoms with van der Waals surface area (Å²) in [5, 5.41) is 0.926. The van der Waals surface area contributed by atoms with Crippen LogP contribution in [0.3, 0.4) is 0 Å². The standard InChI is InChI=1S/C25H23NO4/c1-3-29-25(27)24-23(18-9-11-19(28-2)12-10-18)21-14-13-20(15-22(21)26-24)30-16-17-7-5-4-6-8-17/h4-15,26H,3,16H2,1-2H3. The summed E-state index contributed by atoms with van der Waals surface area (Å²) in [6.45, 7) is 2.58. The van der Waals surface area contributed by atoms with Crippen LogP contribution in [0.1, 0.15) is 23.0 Å². The summed E-state index contributed by atoms with van der Waals surface area (Å²) in [4.78, 5) is 15.8. The minimum Gasteiger partial charge on any atom is -0.497 e.